The molecule has 0 bridgehead atoms. The van der Waals surface area contributed by atoms with Crippen molar-refractivity contribution in [3.63, 3.8) is 0 Å². The van der Waals surface area contributed by atoms with Gasteiger partial charge in [-0.1, -0.05) is 32.9 Å². The normalized spacial score (nSPS) is 11.3. The molecule has 0 unspecified atom stereocenters. The zero-order chi connectivity index (χ0) is 17.2. The highest BCUT2D eigenvalue weighted by Crippen LogP contribution is 2.23. The quantitative estimate of drug-likeness (QED) is 0.798. The Morgan fingerprint density at radius 3 is 2.29 bits per heavy atom. The molecule has 5 heteroatoms. The molecule has 3 aromatic rings. The van der Waals surface area contributed by atoms with Crippen LogP contribution in [-0.4, -0.2) is 20.9 Å². The molecule has 122 valence electrons. The molecule has 1 N–H and O–H groups in total. The first-order valence-electron chi connectivity index (χ1n) is 7.82. The van der Waals surface area contributed by atoms with Gasteiger partial charge in [-0.25, -0.2) is 0 Å². The molecule has 0 saturated carbocycles. The van der Waals surface area contributed by atoms with Crippen molar-refractivity contribution < 1.29 is 4.79 Å². The first kappa shape index (κ1) is 15.9. The molecule has 0 aliphatic rings. The summed E-state index contributed by atoms with van der Waals surface area (Å²) in [5.41, 5.74) is 3.37. The second-order valence-electron chi connectivity index (χ2n) is 6.65. The molecule has 0 atom stereocenters. The fraction of sp³-hybridized carbons (Fsp3) is 0.211. The fourth-order valence-corrected chi connectivity index (χ4v) is 2.36. The van der Waals surface area contributed by atoms with Crippen LogP contribution in [-0.2, 0) is 5.41 Å². The van der Waals surface area contributed by atoms with Crippen LogP contribution in [0.15, 0.2) is 60.9 Å². The molecule has 0 spiro atoms. The SMILES string of the molecule is CC(C)(C)c1cccc(C(=O)Nc2ccc(-n3nccn3)cc2)c1. The number of rotatable bonds is 3. The lowest BCUT2D eigenvalue weighted by Crippen LogP contribution is -2.15. The van der Waals surface area contributed by atoms with Crippen molar-refractivity contribution in [3.8, 4) is 5.69 Å². The van der Waals surface area contributed by atoms with Crippen LogP contribution >= 0.6 is 0 Å². The Bertz CT molecular complexity index is 831. The molecule has 0 radical (unpaired) electrons. The van der Waals surface area contributed by atoms with Gasteiger partial charge in [0.2, 0.25) is 0 Å². The molecule has 0 fully saturated rings. The molecule has 3 rings (SSSR count). The van der Waals surface area contributed by atoms with Gasteiger partial charge in [0.1, 0.15) is 0 Å². The van der Waals surface area contributed by atoms with Crippen LogP contribution in [0, 0.1) is 0 Å². The second-order valence-corrected chi connectivity index (χ2v) is 6.65. The van der Waals surface area contributed by atoms with Crippen molar-refractivity contribution in [3.05, 3.63) is 72.1 Å². The Morgan fingerprint density at radius 2 is 1.67 bits per heavy atom. The van der Waals surface area contributed by atoms with Gasteiger partial charge in [-0.05, 0) is 47.4 Å². The van der Waals surface area contributed by atoms with E-state index in [9.17, 15) is 4.79 Å². The van der Waals surface area contributed by atoms with Crippen molar-refractivity contribution in [2.45, 2.75) is 26.2 Å². The number of carbonyl (C=O) groups excluding carboxylic acids is 1. The van der Waals surface area contributed by atoms with Gasteiger partial charge in [0.05, 0.1) is 18.1 Å². The maximum absolute atomic E-state index is 12.5. The van der Waals surface area contributed by atoms with Crippen molar-refractivity contribution in [2.75, 3.05) is 5.32 Å². The summed E-state index contributed by atoms with van der Waals surface area (Å²) in [5.74, 6) is -0.119. The van der Waals surface area contributed by atoms with Crippen molar-refractivity contribution in [1.82, 2.24) is 15.0 Å². The van der Waals surface area contributed by atoms with Crippen molar-refractivity contribution in [2.24, 2.45) is 0 Å². The number of hydrogen-bond donors (Lipinski definition) is 1. The van der Waals surface area contributed by atoms with E-state index in [-0.39, 0.29) is 11.3 Å². The third kappa shape index (κ3) is 3.51. The Labute approximate surface area is 141 Å². The highest BCUT2D eigenvalue weighted by Gasteiger charge is 2.15. The van der Waals surface area contributed by atoms with E-state index in [4.69, 9.17) is 0 Å². The first-order chi connectivity index (χ1) is 11.4. The van der Waals surface area contributed by atoms with Crippen LogP contribution in [0.3, 0.4) is 0 Å². The summed E-state index contributed by atoms with van der Waals surface area (Å²) in [5, 5.41) is 11.1. The molecule has 0 aliphatic heterocycles. The topological polar surface area (TPSA) is 59.8 Å². The van der Waals surface area contributed by atoms with E-state index in [1.807, 2.05) is 48.5 Å². The Hall–Kier alpha value is -2.95. The average molecular weight is 320 g/mol. The average Bonchev–Trinajstić information content (AvgIpc) is 3.09. The van der Waals surface area contributed by atoms with E-state index in [0.29, 0.717) is 5.56 Å². The molecule has 1 amide bonds. The fourth-order valence-electron chi connectivity index (χ4n) is 2.36. The van der Waals surface area contributed by atoms with Crippen LogP contribution < -0.4 is 5.32 Å². The minimum Gasteiger partial charge on any atom is -0.322 e. The molecule has 5 nitrogen and oxygen atoms in total. The van der Waals surface area contributed by atoms with E-state index in [0.717, 1.165) is 16.9 Å². The lowest BCUT2D eigenvalue weighted by atomic mass is 9.86. The highest BCUT2D eigenvalue weighted by molar-refractivity contribution is 6.04. The molecule has 2 aromatic carbocycles. The molecular weight excluding hydrogens is 300 g/mol. The van der Waals surface area contributed by atoms with Crippen LogP contribution in [0.4, 0.5) is 5.69 Å². The van der Waals surface area contributed by atoms with Gasteiger partial charge in [0.25, 0.3) is 5.91 Å². The largest absolute Gasteiger partial charge is 0.322 e. The monoisotopic (exact) mass is 320 g/mol. The van der Waals surface area contributed by atoms with E-state index < -0.39 is 0 Å². The molecule has 0 saturated heterocycles. The molecule has 1 aromatic heterocycles. The van der Waals surface area contributed by atoms with Gasteiger partial charge in [-0.2, -0.15) is 15.0 Å². The lowest BCUT2D eigenvalue weighted by Gasteiger charge is -2.19. The number of amides is 1. The molecular formula is C19H20N4O. The third-order valence-corrected chi connectivity index (χ3v) is 3.77. The Balaban J connectivity index is 1.75. The third-order valence-electron chi connectivity index (χ3n) is 3.77. The first-order valence-corrected chi connectivity index (χ1v) is 7.82. The maximum Gasteiger partial charge on any atom is 0.255 e. The minimum absolute atomic E-state index is 0.00863. The van der Waals surface area contributed by atoms with Gasteiger partial charge in [-0.15, -0.1) is 0 Å². The van der Waals surface area contributed by atoms with Crippen LogP contribution in [0.25, 0.3) is 5.69 Å². The Kier molecular flexibility index (Phi) is 4.16. The van der Waals surface area contributed by atoms with Gasteiger partial charge in [0.15, 0.2) is 0 Å². The van der Waals surface area contributed by atoms with Crippen molar-refractivity contribution in [1.29, 1.82) is 0 Å². The summed E-state index contributed by atoms with van der Waals surface area (Å²) >= 11 is 0. The highest BCUT2D eigenvalue weighted by atomic mass is 16.1. The summed E-state index contributed by atoms with van der Waals surface area (Å²) in [7, 11) is 0. The number of benzene rings is 2. The minimum atomic E-state index is -0.119. The van der Waals surface area contributed by atoms with E-state index in [2.05, 4.69) is 36.3 Å². The summed E-state index contributed by atoms with van der Waals surface area (Å²) < 4.78 is 0. The van der Waals surface area contributed by atoms with Crippen LogP contribution in [0.5, 0.6) is 0 Å². The predicted molar refractivity (Wildman–Crippen MR) is 94.5 cm³/mol. The van der Waals surface area contributed by atoms with E-state index in [1.165, 1.54) is 4.80 Å². The second kappa shape index (κ2) is 6.28. The smallest absolute Gasteiger partial charge is 0.255 e. The number of anilines is 1. The number of nitrogens with zero attached hydrogens (tertiary/aromatic N) is 3. The van der Waals surface area contributed by atoms with E-state index in [1.54, 1.807) is 12.4 Å². The van der Waals surface area contributed by atoms with Crippen LogP contribution in [0.1, 0.15) is 36.7 Å². The van der Waals surface area contributed by atoms with Gasteiger partial charge in [-0.3, -0.25) is 4.79 Å². The Morgan fingerprint density at radius 1 is 1.00 bits per heavy atom. The van der Waals surface area contributed by atoms with Gasteiger partial charge >= 0.3 is 0 Å². The van der Waals surface area contributed by atoms with E-state index >= 15 is 0 Å². The number of hydrogen-bond acceptors (Lipinski definition) is 3. The zero-order valence-corrected chi connectivity index (χ0v) is 14.0. The molecule has 0 aliphatic carbocycles. The number of carbonyl (C=O) groups is 1. The predicted octanol–water partition coefficient (Wildman–Crippen LogP) is 3.82. The summed E-state index contributed by atoms with van der Waals surface area (Å²) in [6.45, 7) is 6.39. The number of aromatic nitrogens is 3. The molecule has 24 heavy (non-hydrogen) atoms. The molecule has 1 heterocycles. The lowest BCUT2D eigenvalue weighted by molar-refractivity contribution is 0.102. The standard InChI is InChI=1S/C19H20N4O/c1-19(2,3)15-6-4-5-14(13-15)18(24)22-16-7-9-17(10-8-16)23-20-11-12-21-23/h4-13H,1-3H3,(H,22,24). The van der Waals surface area contributed by atoms with Crippen LogP contribution in [0.2, 0.25) is 0 Å². The number of nitrogens with one attached hydrogen (secondary N) is 1. The van der Waals surface area contributed by atoms with Gasteiger partial charge < -0.3 is 5.32 Å². The zero-order valence-electron chi connectivity index (χ0n) is 14.0. The van der Waals surface area contributed by atoms with Gasteiger partial charge in [0, 0.05) is 11.3 Å². The summed E-state index contributed by atoms with van der Waals surface area (Å²) in [4.78, 5) is 14.0. The summed E-state index contributed by atoms with van der Waals surface area (Å²) in [6.07, 6.45) is 3.25. The van der Waals surface area contributed by atoms with Crippen molar-refractivity contribution >= 4 is 11.6 Å². The maximum atomic E-state index is 12.5. The summed E-state index contributed by atoms with van der Waals surface area (Å²) in [6, 6.07) is 15.1.